The molecule has 0 aliphatic heterocycles. The highest BCUT2D eigenvalue weighted by Gasteiger charge is 2.17. The van der Waals surface area contributed by atoms with E-state index in [1.165, 1.54) is 4.70 Å². The number of fused-ring (bicyclic) bond motifs is 1. The molecule has 29 heavy (non-hydrogen) atoms. The molecule has 0 radical (unpaired) electrons. The number of aliphatic imine (C=N–C) groups is 1. The van der Waals surface area contributed by atoms with Crippen molar-refractivity contribution in [3.63, 3.8) is 0 Å². The maximum absolute atomic E-state index is 12.4. The van der Waals surface area contributed by atoms with E-state index in [2.05, 4.69) is 22.5 Å². The van der Waals surface area contributed by atoms with Crippen LogP contribution in [-0.4, -0.2) is 23.5 Å². The number of carbonyl (C=O) groups is 1. The van der Waals surface area contributed by atoms with Gasteiger partial charge in [-0.25, -0.2) is 0 Å². The maximum atomic E-state index is 12.4. The first-order chi connectivity index (χ1) is 14.1. The van der Waals surface area contributed by atoms with Crippen molar-refractivity contribution in [2.75, 3.05) is 7.11 Å². The Labute approximate surface area is 172 Å². The van der Waals surface area contributed by atoms with E-state index in [1.807, 2.05) is 53.1 Å². The lowest BCUT2D eigenvalue weighted by Crippen LogP contribution is -2.25. The number of thiophene rings is 1. The minimum atomic E-state index is -0.406. The van der Waals surface area contributed by atoms with Gasteiger partial charge in [-0.3, -0.25) is 4.79 Å². The third-order valence-corrected chi connectivity index (χ3v) is 5.63. The molecule has 2 aromatic heterocycles. The van der Waals surface area contributed by atoms with Crippen molar-refractivity contribution in [3.8, 4) is 28.3 Å². The average molecular weight is 404 g/mol. The number of ether oxygens (including phenoxy) is 1. The molecule has 0 saturated heterocycles. The van der Waals surface area contributed by atoms with Gasteiger partial charge in [0.25, 0.3) is 5.91 Å². The molecule has 0 saturated carbocycles. The van der Waals surface area contributed by atoms with Crippen LogP contribution in [-0.2, 0) is 11.3 Å². The van der Waals surface area contributed by atoms with Gasteiger partial charge in [-0.15, -0.1) is 11.3 Å². The van der Waals surface area contributed by atoms with E-state index in [0.29, 0.717) is 0 Å². The Hall–Kier alpha value is -3.58. The van der Waals surface area contributed by atoms with Crippen LogP contribution in [0, 0.1) is 0 Å². The lowest BCUT2D eigenvalue weighted by molar-refractivity contribution is -0.118. The summed E-state index contributed by atoms with van der Waals surface area (Å²) in [6.45, 7) is 0.0335. The summed E-state index contributed by atoms with van der Waals surface area (Å²) in [5, 5.41) is 3.26. The predicted octanol–water partition coefficient (Wildman–Crippen LogP) is 3.85. The van der Waals surface area contributed by atoms with Crippen molar-refractivity contribution in [1.29, 1.82) is 0 Å². The summed E-state index contributed by atoms with van der Waals surface area (Å²) in [4.78, 5) is 16.1. The third kappa shape index (κ3) is 3.72. The molecule has 7 heteroatoms. The Morgan fingerprint density at radius 3 is 2.48 bits per heavy atom. The third-order valence-electron chi connectivity index (χ3n) is 4.67. The molecule has 0 bridgehead atoms. The molecule has 0 aliphatic rings. The molecule has 0 fully saturated rings. The maximum Gasteiger partial charge on any atom is 0.268 e. The zero-order chi connectivity index (χ0) is 20.4. The summed E-state index contributed by atoms with van der Waals surface area (Å²) >= 11 is 1.67. The predicted molar refractivity (Wildman–Crippen MR) is 118 cm³/mol. The Bertz CT molecular complexity index is 1200. The van der Waals surface area contributed by atoms with Gasteiger partial charge in [0.1, 0.15) is 12.3 Å². The van der Waals surface area contributed by atoms with E-state index in [-0.39, 0.29) is 12.5 Å². The minimum Gasteiger partial charge on any atom is -0.497 e. The van der Waals surface area contributed by atoms with Crippen molar-refractivity contribution in [1.82, 2.24) is 4.57 Å². The van der Waals surface area contributed by atoms with Crippen LogP contribution >= 0.6 is 11.3 Å². The highest BCUT2D eigenvalue weighted by atomic mass is 32.1. The van der Waals surface area contributed by atoms with E-state index in [9.17, 15) is 4.79 Å². The molecule has 2 heterocycles. The number of methoxy groups -OCH3 is 1. The number of nitrogens with two attached hydrogens (primary N) is 2. The number of aromatic nitrogens is 1. The van der Waals surface area contributed by atoms with Crippen LogP contribution in [0.3, 0.4) is 0 Å². The van der Waals surface area contributed by atoms with Gasteiger partial charge >= 0.3 is 0 Å². The Morgan fingerprint density at radius 2 is 1.76 bits per heavy atom. The normalized spacial score (nSPS) is 10.8. The monoisotopic (exact) mass is 404 g/mol. The topological polar surface area (TPSA) is 95.6 Å². The second-order valence-corrected chi connectivity index (χ2v) is 7.41. The first-order valence-corrected chi connectivity index (χ1v) is 9.88. The smallest absolute Gasteiger partial charge is 0.268 e. The first kappa shape index (κ1) is 18.8. The minimum absolute atomic E-state index is 0.0335. The second-order valence-electron chi connectivity index (χ2n) is 6.49. The Balaban J connectivity index is 1.85. The lowest BCUT2D eigenvalue weighted by atomic mass is 10.1. The number of nitrogens with zero attached hydrogens (tertiary/aromatic N) is 2. The molecule has 0 spiro atoms. The van der Waals surface area contributed by atoms with Gasteiger partial charge in [0.15, 0.2) is 5.96 Å². The van der Waals surface area contributed by atoms with Crippen molar-refractivity contribution in [2.45, 2.75) is 6.54 Å². The number of hydrogen-bond acceptors (Lipinski definition) is 3. The second kappa shape index (κ2) is 7.81. The summed E-state index contributed by atoms with van der Waals surface area (Å²) in [6, 6.07) is 20.0. The van der Waals surface area contributed by atoms with Crippen molar-refractivity contribution < 1.29 is 9.53 Å². The van der Waals surface area contributed by atoms with Crippen LogP contribution in [0.5, 0.6) is 5.75 Å². The van der Waals surface area contributed by atoms with Gasteiger partial charge in [-0.2, -0.15) is 4.99 Å². The number of benzene rings is 2. The highest BCUT2D eigenvalue weighted by molar-refractivity contribution is 7.17. The van der Waals surface area contributed by atoms with Gasteiger partial charge in [0.05, 0.1) is 12.8 Å². The zero-order valence-corrected chi connectivity index (χ0v) is 16.6. The number of guanidine groups is 1. The standard InChI is InChI=1S/C22H20N4O2S/c1-28-15-8-6-14(7-9-15)18-10-11-19(26(18)12-21(27)25-22(23)24)17-13-29-20-5-3-2-4-16(17)20/h2-11,13H,12H2,1H3,(H4,23,24,25,27). The molecule has 4 rings (SSSR count). The molecule has 4 N–H and O–H groups in total. The van der Waals surface area contributed by atoms with Crippen LogP contribution in [0.15, 0.2) is 71.0 Å². The number of hydrogen-bond donors (Lipinski definition) is 2. The average Bonchev–Trinajstić information content (AvgIpc) is 3.31. The summed E-state index contributed by atoms with van der Waals surface area (Å²) in [5.41, 5.74) is 14.7. The summed E-state index contributed by atoms with van der Waals surface area (Å²) in [6.07, 6.45) is 0. The largest absolute Gasteiger partial charge is 0.497 e. The highest BCUT2D eigenvalue weighted by Crippen LogP contribution is 2.37. The fourth-order valence-electron chi connectivity index (χ4n) is 3.38. The molecule has 0 aliphatic carbocycles. The van der Waals surface area contributed by atoms with Gasteiger partial charge in [-0.05, 0) is 48.0 Å². The van der Waals surface area contributed by atoms with Gasteiger partial charge in [0, 0.05) is 26.7 Å². The molecule has 0 atom stereocenters. The molecule has 1 amide bonds. The van der Waals surface area contributed by atoms with Crippen LogP contribution < -0.4 is 16.2 Å². The van der Waals surface area contributed by atoms with Gasteiger partial charge in [-0.1, -0.05) is 18.2 Å². The molecule has 146 valence electrons. The number of rotatable bonds is 5. The summed E-state index contributed by atoms with van der Waals surface area (Å²) in [7, 11) is 1.63. The SMILES string of the molecule is COc1ccc(-c2ccc(-c3csc4ccccc34)n2CC(=O)N=C(N)N)cc1. The van der Waals surface area contributed by atoms with Crippen molar-refractivity contribution in [2.24, 2.45) is 16.5 Å². The van der Waals surface area contributed by atoms with E-state index in [0.717, 1.165) is 33.7 Å². The summed E-state index contributed by atoms with van der Waals surface area (Å²) in [5.74, 6) is 0.125. The van der Waals surface area contributed by atoms with Crippen molar-refractivity contribution >= 4 is 33.3 Å². The molecular formula is C22H20N4O2S. The van der Waals surface area contributed by atoms with Gasteiger partial charge < -0.3 is 20.8 Å². The van der Waals surface area contributed by atoms with E-state index >= 15 is 0 Å². The molecule has 6 nitrogen and oxygen atoms in total. The number of carbonyl (C=O) groups excluding carboxylic acids is 1. The quantitative estimate of drug-likeness (QED) is 0.390. The Kier molecular flexibility index (Phi) is 5.05. The molecule has 0 unspecified atom stereocenters. The zero-order valence-electron chi connectivity index (χ0n) is 15.8. The van der Waals surface area contributed by atoms with Crippen LogP contribution in [0.25, 0.3) is 32.6 Å². The molecule has 2 aromatic carbocycles. The van der Waals surface area contributed by atoms with Crippen LogP contribution in [0.4, 0.5) is 0 Å². The molecule has 4 aromatic rings. The first-order valence-electron chi connectivity index (χ1n) is 9.00. The summed E-state index contributed by atoms with van der Waals surface area (Å²) < 4.78 is 8.39. The van der Waals surface area contributed by atoms with Gasteiger partial charge in [0.2, 0.25) is 0 Å². The Morgan fingerprint density at radius 1 is 1.03 bits per heavy atom. The van der Waals surface area contributed by atoms with Crippen LogP contribution in [0.2, 0.25) is 0 Å². The fourth-order valence-corrected chi connectivity index (χ4v) is 4.33. The molecular weight excluding hydrogens is 384 g/mol. The van der Waals surface area contributed by atoms with E-state index in [1.54, 1.807) is 18.4 Å². The van der Waals surface area contributed by atoms with E-state index in [4.69, 9.17) is 16.2 Å². The number of amides is 1. The van der Waals surface area contributed by atoms with Crippen molar-refractivity contribution in [3.05, 3.63) is 66.0 Å². The fraction of sp³-hybridized carbons (Fsp3) is 0.0909. The lowest BCUT2D eigenvalue weighted by Gasteiger charge is -2.12. The van der Waals surface area contributed by atoms with E-state index < -0.39 is 5.91 Å². The van der Waals surface area contributed by atoms with Crippen LogP contribution in [0.1, 0.15) is 0 Å².